The van der Waals surface area contributed by atoms with Crippen LogP contribution in [0.3, 0.4) is 0 Å². The van der Waals surface area contributed by atoms with E-state index in [2.05, 4.69) is 10.4 Å². The van der Waals surface area contributed by atoms with Crippen molar-refractivity contribution in [3.8, 4) is 5.69 Å². The first-order valence-electron chi connectivity index (χ1n) is 9.74. The van der Waals surface area contributed by atoms with E-state index in [1.165, 1.54) is 6.07 Å². The molecule has 1 aromatic heterocycles. The molecular formula is C21H26N4O3. The first-order chi connectivity index (χ1) is 13.5. The second-order valence-electron chi connectivity index (χ2n) is 7.15. The van der Waals surface area contributed by atoms with Crippen LogP contribution in [0.1, 0.15) is 48.8 Å². The smallest absolute Gasteiger partial charge is 0.278 e. The number of hydrogen-bond donors (Lipinski definition) is 1. The number of carbonyl (C=O) groups excluding carboxylic acids is 2. The van der Waals surface area contributed by atoms with E-state index in [0.717, 1.165) is 24.9 Å². The minimum atomic E-state index is -0.385. The predicted molar refractivity (Wildman–Crippen MR) is 107 cm³/mol. The number of nitrogens with zero attached hydrogens (tertiary/aromatic N) is 3. The molecule has 1 N–H and O–H groups in total. The molecule has 1 unspecified atom stereocenters. The summed E-state index contributed by atoms with van der Waals surface area (Å²) in [5.74, 6) is -0.384. The molecule has 0 aliphatic carbocycles. The van der Waals surface area contributed by atoms with E-state index in [-0.39, 0.29) is 29.0 Å². The summed E-state index contributed by atoms with van der Waals surface area (Å²) in [6.07, 6.45) is 2.87. The molecule has 28 heavy (non-hydrogen) atoms. The van der Waals surface area contributed by atoms with Crippen molar-refractivity contribution in [2.75, 3.05) is 13.1 Å². The Morgan fingerprint density at radius 1 is 1.25 bits per heavy atom. The molecule has 1 aromatic carbocycles. The fourth-order valence-electron chi connectivity index (χ4n) is 3.48. The van der Waals surface area contributed by atoms with Crippen molar-refractivity contribution in [1.29, 1.82) is 0 Å². The van der Waals surface area contributed by atoms with E-state index >= 15 is 0 Å². The van der Waals surface area contributed by atoms with Crippen molar-refractivity contribution in [3.05, 3.63) is 58.0 Å². The zero-order chi connectivity index (χ0) is 20.1. The van der Waals surface area contributed by atoms with Gasteiger partial charge in [0.1, 0.15) is 0 Å². The van der Waals surface area contributed by atoms with Crippen LogP contribution in [-0.4, -0.2) is 45.6 Å². The average Bonchev–Trinajstić information content (AvgIpc) is 2.68. The minimum Gasteiger partial charge on any atom is -0.352 e. The van der Waals surface area contributed by atoms with Gasteiger partial charge in [0.2, 0.25) is 11.3 Å². The van der Waals surface area contributed by atoms with Gasteiger partial charge in [0.25, 0.3) is 5.91 Å². The van der Waals surface area contributed by atoms with Gasteiger partial charge in [-0.05, 0) is 38.3 Å². The third-order valence-corrected chi connectivity index (χ3v) is 4.86. The normalized spacial score (nSPS) is 16.6. The number of aryl methyl sites for hydroxylation is 1. The van der Waals surface area contributed by atoms with E-state index in [4.69, 9.17) is 0 Å². The zero-order valence-corrected chi connectivity index (χ0v) is 16.4. The Labute approximate surface area is 164 Å². The summed E-state index contributed by atoms with van der Waals surface area (Å²) in [5, 5.41) is 7.34. The molecule has 1 aliphatic heterocycles. The second kappa shape index (κ2) is 8.82. The maximum Gasteiger partial charge on any atom is 0.278 e. The number of piperidine rings is 1. The first kappa shape index (κ1) is 19.8. The van der Waals surface area contributed by atoms with Gasteiger partial charge < -0.3 is 10.2 Å². The Hall–Kier alpha value is -2.96. The Balaban J connectivity index is 1.82. The standard InChI is InChI=1S/C21H26N4O3/c1-3-8-19(27)22-16-9-7-12-24(14-16)21(28)20-18(26)13-15(2)25(23-20)17-10-5-4-6-11-17/h4-6,10-11,13,16H,3,7-9,12,14H2,1-2H3,(H,22,27). The van der Waals surface area contributed by atoms with E-state index in [9.17, 15) is 14.4 Å². The van der Waals surface area contributed by atoms with Crippen LogP contribution in [0.4, 0.5) is 0 Å². The van der Waals surface area contributed by atoms with Crippen LogP contribution in [0.5, 0.6) is 0 Å². The van der Waals surface area contributed by atoms with Gasteiger partial charge in [-0.3, -0.25) is 14.4 Å². The van der Waals surface area contributed by atoms with Crippen LogP contribution in [0.2, 0.25) is 0 Å². The van der Waals surface area contributed by atoms with E-state index in [0.29, 0.717) is 25.2 Å². The summed E-state index contributed by atoms with van der Waals surface area (Å²) in [6, 6.07) is 10.8. The van der Waals surface area contributed by atoms with E-state index in [1.54, 1.807) is 16.5 Å². The van der Waals surface area contributed by atoms with Gasteiger partial charge in [-0.25, -0.2) is 4.68 Å². The molecule has 7 heteroatoms. The molecule has 2 amide bonds. The summed E-state index contributed by atoms with van der Waals surface area (Å²) in [4.78, 5) is 39.0. The molecule has 0 saturated carbocycles. The lowest BCUT2D eigenvalue weighted by Gasteiger charge is -2.33. The third-order valence-electron chi connectivity index (χ3n) is 4.86. The van der Waals surface area contributed by atoms with Crippen molar-refractivity contribution >= 4 is 11.8 Å². The molecule has 0 spiro atoms. The summed E-state index contributed by atoms with van der Waals surface area (Å²) >= 11 is 0. The molecule has 2 aromatic rings. The number of amides is 2. The highest BCUT2D eigenvalue weighted by Crippen LogP contribution is 2.14. The monoisotopic (exact) mass is 382 g/mol. The van der Waals surface area contributed by atoms with Crippen molar-refractivity contribution < 1.29 is 9.59 Å². The van der Waals surface area contributed by atoms with Crippen molar-refractivity contribution in [1.82, 2.24) is 20.0 Å². The van der Waals surface area contributed by atoms with Crippen molar-refractivity contribution in [3.63, 3.8) is 0 Å². The predicted octanol–water partition coefficient (Wildman–Crippen LogP) is 2.06. The van der Waals surface area contributed by atoms with Gasteiger partial charge in [-0.1, -0.05) is 25.1 Å². The van der Waals surface area contributed by atoms with Gasteiger partial charge in [-0.15, -0.1) is 0 Å². The number of nitrogens with one attached hydrogen (secondary N) is 1. The van der Waals surface area contributed by atoms with Crippen LogP contribution >= 0.6 is 0 Å². The summed E-state index contributed by atoms with van der Waals surface area (Å²) in [6.45, 7) is 4.70. The highest BCUT2D eigenvalue weighted by Gasteiger charge is 2.28. The number of carbonyl (C=O) groups is 2. The van der Waals surface area contributed by atoms with Crippen LogP contribution < -0.4 is 10.7 Å². The second-order valence-corrected chi connectivity index (χ2v) is 7.15. The Kier molecular flexibility index (Phi) is 6.23. The first-order valence-corrected chi connectivity index (χ1v) is 9.74. The average molecular weight is 382 g/mol. The number of benzene rings is 1. The number of rotatable bonds is 5. The maximum atomic E-state index is 13.0. The maximum absolute atomic E-state index is 13.0. The van der Waals surface area contributed by atoms with Crippen LogP contribution in [0.15, 0.2) is 41.2 Å². The van der Waals surface area contributed by atoms with Gasteiger partial charge >= 0.3 is 0 Å². The van der Waals surface area contributed by atoms with E-state index < -0.39 is 0 Å². The van der Waals surface area contributed by atoms with Crippen LogP contribution in [0, 0.1) is 6.92 Å². The Bertz CT molecular complexity index is 908. The highest BCUT2D eigenvalue weighted by molar-refractivity contribution is 5.92. The van der Waals surface area contributed by atoms with Crippen LogP contribution in [-0.2, 0) is 4.79 Å². The number of likely N-dealkylation sites (tertiary alicyclic amines) is 1. The molecule has 1 aliphatic rings. The largest absolute Gasteiger partial charge is 0.352 e. The number of para-hydroxylation sites is 1. The number of hydrogen-bond acceptors (Lipinski definition) is 4. The van der Waals surface area contributed by atoms with Gasteiger partial charge in [0, 0.05) is 37.3 Å². The molecule has 0 radical (unpaired) electrons. The molecule has 0 bridgehead atoms. The molecule has 3 rings (SSSR count). The molecule has 1 fully saturated rings. The lowest BCUT2D eigenvalue weighted by molar-refractivity contribution is -0.122. The third kappa shape index (κ3) is 4.47. The highest BCUT2D eigenvalue weighted by atomic mass is 16.2. The fourth-order valence-corrected chi connectivity index (χ4v) is 3.48. The van der Waals surface area contributed by atoms with Gasteiger partial charge in [0.05, 0.1) is 5.69 Å². The zero-order valence-electron chi connectivity index (χ0n) is 16.4. The summed E-state index contributed by atoms with van der Waals surface area (Å²) in [5.41, 5.74) is 0.982. The van der Waals surface area contributed by atoms with Gasteiger partial charge in [-0.2, -0.15) is 5.10 Å². The molecule has 1 atom stereocenters. The van der Waals surface area contributed by atoms with E-state index in [1.807, 2.05) is 37.3 Å². The minimum absolute atomic E-state index is 0.00157. The van der Waals surface area contributed by atoms with Crippen molar-refractivity contribution in [2.24, 2.45) is 0 Å². The molecule has 148 valence electrons. The molecule has 2 heterocycles. The lowest BCUT2D eigenvalue weighted by Crippen LogP contribution is -2.50. The molecular weight excluding hydrogens is 356 g/mol. The lowest BCUT2D eigenvalue weighted by atomic mass is 10.0. The quantitative estimate of drug-likeness (QED) is 0.858. The topological polar surface area (TPSA) is 84.3 Å². The SMILES string of the molecule is CCCC(=O)NC1CCCN(C(=O)c2nn(-c3ccccc3)c(C)cc2=O)C1. The summed E-state index contributed by atoms with van der Waals surface area (Å²) < 4.78 is 1.61. The van der Waals surface area contributed by atoms with Crippen molar-refractivity contribution in [2.45, 2.75) is 45.6 Å². The van der Waals surface area contributed by atoms with Crippen LogP contribution in [0.25, 0.3) is 5.69 Å². The molecule has 1 saturated heterocycles. The molecule has 7 nitrogen and oxygen atoms in total. The number of aromatic nitrogens is 2. The fraction of sp³-hybridized carbons (Fsp3) is 0.429. The summed E-state index contributed by atoms with van der Waals surface area (Å²) in [7, 11) is 0. The van der Waals surface area contributed by atoms with Gasteiger partial charge in [0.15, 0.2) is 5.69 Å². The Morgan fingerprint density at radius 3 is 2.71 bits per heavy atom. The Morgan fingerprint density at radius 2 is 2.00 bits per heavy atom.